The average molecular weight is 190 g/mol. The first kappa shape index (κ1) is 8.91. The standard InChI is InChI=1S/C5H6N2O4S/c8-7-4-1-2-5(6-3-4)12(9,10)11/h1-3,7-8H,(H,9,10,11). The zero-order valence-electron chi connectivity index (χ0n) is 5.80. The molecule has 0 amide bonds. The normalized spacial score (nSPS) is 11.2. The number of pyridine rings is 1. The predicted molar refractivity (Wildman–Crippen MR) is 39.5 cm³/mol. The predicted octanol–water partition coefficient (Wildman–Crippen LogP) is 0.129. The largest absolute Gasteiger partial charge is 0.312 e. The van der Waals surface area contributed by atoms with E-state index in [1.165, 1.54) is 6.07 Å². The minimum absolute atomic E-state index is 0.238. The van der Waals surface area contributed by atoms with Crippen LogP contribution in [0.3, 0.4) is 0 Å². The highest BCUT2D eigenvalue weighted by atomic mass is 32.2. The molecule has 0 aromatic carbocycles. The van der Waals surface area contributed by atoms with Crippen molar-refractivity contribution in [3.05, 3.63) is 18.3 Å². The Morgan fingerprint density at radius 3 is 2.42 bits per heavy atom. The van der Waals surface area contributed by atoms with Crippen molar-refractivity contribution in [2.24, 2.45) is 0 Å². The van der Waals surface area contributed by atoms with Gasteiger partial charge in [0.1, 0.15) is 0 Å². The minimum Gasteiger partial charge on any atom is -0.291 e. The van der Waals surface area contributed by atoms with Gasteiger partial charge in [-0.3, -0.25) is 15.2 Å². The van der Waals surface area contributed by atoms with Crippen LogP contribution in [0.15, 0.2) is 23.4 Å². The van der Waals surface area contributed by atoms with Gasteiger partial charge < -0.3 is 0 Å². The molecule has 0 saturated carbocycles. The molecule has 7 heteroatoms. The van der Waals surface area contributed by atoms with Crippen molar-refractivity contribution in [1.29, 1.82) is 0 Å². The molecule has 0 aliphatic carbocycles. The number of hydrogen-bond donors (Lipinski definition) is 3. The van der Waals surface area contributed by atoms with Crippen LogP contribution in [0.1, 0.15) is 0 Å². The van der Waals surface area contributed by atoms with Gasteiger partial charge in [-0.15, -0.1) is 0 Å². The van der Waals surface area contributed by atoms with E-state index >= 15 is 0 Å². The van der Waals surface area contributed by atoms with Gasteiger partial charge in [0.2, 0.25) is 0 Å². The molecular weight excluding hydrogens is 184 g/mol. The highest BCUT2D eigenvalue weighted by Gasteiger charge is 2.09. The number of nitrogens with one attached hydrogen (secondary N) is 1. The summed E-state index contributed by atoms with van der Waals surface area (Å²) in [5.41, 5.74) is 2.00. The monoisotopic (exact) mass is 190 g/mol. The summed E-state index contributed by atoms with van der Waals surface area (Å²) in [6.45, 7) is 0. The fraction of sp³-hybridized carbons (Fsp3) is 0. The number of rotatable bonds is 2. The molecule has 66 valence electrons. The smallest absolute Gasteiger partial charge is 0.291 e. The van der Waals surface area contributed by atoms with E-state index in [2.05, 4.69) is 4.98 Å². The van der Waals surface area contributed by atoms with Crippen molar-refractivity contribution in [1.82, 2.24) is 4.98 Å². The summed E-state index contributed by atoms with van der Waals surface area (Å²) in [7, 11) is -4.25. The number of anilines is 1. The topological polar surface area (TPSA) is 99.5 Å². The zero-order valence-corrected chi connectivity index (χ0v) is 6.61. The second kappa shape index (κ2) is 3.05. The van der Waals surface area contributed by atoms with Gasteiger partial charge in [0.15, 0.2) is 5.03 Å². The van der Waals surface area contributed by atoms with Crippen LogP contribution in [0.25, 0.3) is 0 Å². The van der Waals surface area contributed by atoms with Crippen molar-refractivity contribution < 1.29 is 18.2 Å². The van der Waals surface area contributed by atoms with E-state index in [1.54, 1.807) is 5.48 Å². The van der Waals surface area contributed by atoms with Gasteiger partial charge in [0.05, 0.1) is 11.9 Å². The van der Waals surface area contributed by atoms with Gasteiger partial charge in [-0.2, -0.15) is 8.42 Å². The second-order valence-electron chi connectivity index (χ2n) is 1.97. The van der Waals surface area contributed by atoms with E-state index in [4.69, 9.17) is 9.76 Å². The van der Waals surface area contributed by atoms with Crippen LogP contribution in [-0.4, -0.2) is 23.2 Å². The first-order valence-corrected chi connectivity index (χ1v) is 4.31. The molecule has 6 nitrogen and oxygen atoms in total. The van der Waals surface area contributed by atoms with Crippen LogP contribution in [-0.2, 0) is 10.1 Å². The molecule has 1 rings (SSSR count). The summed E-state index contributed by atoms with van der Waals surface area (Å²) in [6.07, 6.45) is 1.07. The van der Waals surface area contributed by atoms with Crippen molar-refractivity contribution in [2.75, 3.05) is 5.48 Å². The van der Waals surface area contributed by atoms with Gasteiger partial charge in [-0.25, -0.2) is 4.98 Å². The van der Waals surface area contributed by atoms with Crippen LogP contribution in [0, 0.1) is 0 Å². The Hall–Kier alpha value is -1.18. The third-order valence-corrected chi connectivity index (χ3v) is 1.90. The molecule has 1 heterocycles. The van der Waals surface area contributed by atoms with Crippen molar-refractivity contribution in [2.45, 2.75) is 5.03 Å². The highest BCUT2D eigenvalue weighted by molar-refractivity contribution is 7.85. The quantitative estimate of drug-likeness (QED) is 0.452. The lowest BCUT2D eigenvalue weighted by Crippen LogP contribution is -2.01. The molecule has 0 aliphatic heterocycles. The maximum Gasteiger partial charge on any atom is 0.312 e. The van der Waals surface area contributed by atoms with Crippen molar-refractivity contribution in [3.8, 4) is 0 Å². The lowest BCUT2D eigenvalue weighted by molar-refractivity contribution is 0.388. The number of nitrogens with zero attached hydrogens (tertiary/aromatic N) is 1. The van der Waals surface area contributed by atoms with E-state index in [0.29, 0.717) is 0 Å². The lowest BCUT2D eigenvalue weighted by atomic mass is 10.4. The Morgan fingerprint density at radius 1 is 1.42 bits per heavy atom. The summed E-state index contributed by atoms with van der Waals surface area (Å²) >= 11 is 0. The number of aromatic nitrogens is 1. The Kier molecular flexibility index (Phi) is 2.27. The minimum atomic E-state index is -4.25. The van der Waals surface area contributed by atoms with E-state index in [1.807, 2.05) is 0 Å². The van der Waals surface area contributed by atoms with E-state index in [0.717, 1.165) is 12.3 Å². The molecule has 0 fully saturated rings. The first-order chi connectivity index (χ1) is 5.54. The van der Waals surface area contributed by atoms with Crippen molar-refractivity contribution in [3.63, 3.8) is 0 Å². The Morgan fingerprint density at radius 2 is 2.08 bits per heavy atom. The Bertz CT molecular complexity index is 358. The lowest BCUT2D eigenvalue weighted by Gasteiger charge is -1.98. The summed E-state index contributed by atoms with van der Waals surface area (Å²) in [6, 6.07) is 2.32. The van der Waals surface area contributed by atoms with Crippen LogP contribution in [0.5, 0.6) is 0 Å². The SMILES string of the molecule is O=S(=O)(O)c1ccc(NO)cn1. The van der Waals surface area contributed by atoms with Gasteiger partial charge in [-0.1, -0.05) is 0 Å². The maximum absolute atomic E-state index is 10.4. The maximum atomic E-state index is 10.4. The van der Waals surface area contributed by atoms with Crippen LogP contribution < -0.4 is 5.48 Å². The van der Waals surface area contributed by atoms with Crippen LogP contribution >= 0.6 is 0 Å². The summed E-state index contributed by atoms with van der Waals surface area (Å²) in [5.74, 6) is 0. The molecule has 0 unspecified atom stereocenters. The molecule has 0 bridgehead atoms. The fourth-order valence-corrected chi connectivity index (χ4v) is 1.02. The van der Waals surface area contributed by atoms with Gasteiger partial charge in [-0.05, 0) is 12.1 Å². The van der Waals surface area contributed by atoms with E-state index in [-0.39, 0.29) is 5.69 Å². The summed E-state index contributed by atoms with van der Waals surface area (Å²) in [4.78, 5) is 3.36. The number of hydrogen-bond acceptors (Lipinski definition) is 5. The molecule has 12 heavy (non-hydrogen) atoms. The molecule has 1 aromatic heterocycles. The molecule has 0 aliphatic rings. The Balaban J connectivity index is 3.09. The highest BCUT2D eigenvalue weighted by Crippen LogP contribution is 2.08. The molecule has 0 saturated heterocycles. The third-order valence-electron chi connectivity index (χ3n) is 1.13. The van der Waals surface area contributed by atoms with Crippen molar-refractivity contribution >= 4 is 15.8 Å². The molecule has 0 spiro atoms. The van der Waals surface area contributed by atoms with Gasteiger partial charge in [0.25, 0.3) is 0 Å². The van der Waals surface area contributed by atoms with Crippen LogP contribution in [0.2, 0.25) is 0 Å². The zero-order chi connectivity index (χ0) is 9.19. The summed E-state index contributed by atoms with van der Waals surface area (Å²) < 4.78 is 29.4. The first-order valence-electron chi connectivity index (χ1n) is 2.87. The summed E-state index contributed by atoms with van der Waals surface area (Å²) in [5, 5.41) is 7.87. The van der Waals surface area contributed by atoms with Crippen LogP contribution in [0.4, 0.5) is 5.69 Å². The molecule has 0 radical (unpaired) electrons. The molecule has 0 atom stereocenters. The molecule has 3 N–H and O–H groups in total. The Labute approximate surface area is 68.6 Å². The second-order valence-corrected chi connectivity index (χ2v) is 3.34. The van der Waals surface area contributed by atoms with E-state index in [9.17, 15) is 8.42 Å². The van der Waals surface area contributed by atoms with Gasteiger partial charge >= 0.3 is 10.1 Å². The van der Waals surface area contributed by atoms with E-state index < -0.39 is 15.1 Å². The average Bonchev–Trinajstić information content (AvgIpc) is 2.03. The third kappa shape index (κ3) is 1.91. The fourth-order valence-electron chi connectivity index (χ4n) is 0.599. The molecule has 1 aromatic rings. The molecular formula is C5H6N2O4S. The van der Waals surface area contributed by atoms with Gasteiger partial charge in [0, 0.05) is 0 Å².